The number of nitriles is 1. The molecule has 0 saturated heterocycles. The van der Waals surface area contributed by atoms with Gasteiger partial charge in [0.25, 0.3) is 5.91 Å². The third-order valence-corrected chi connectivity index (χ3v) is 3.64. The fourth-order valence-corrected chi connectivity index (χ4v) is 2.09. The number of anilines is 1. The highest BCUT2D eigenvalue weighted by Crippen LogP contribution is 2.26. The molecular formula is C17H19N3O. The predicted molar refractivity (Wildman–Crippen MR) is 82.8 cm³/mol. The minimum Gasteiger partial charge on any atom is -0.382 e. The van der Waals surface area contributed by atoms with Gasteiger partial charge in [0.1, 0.15) is 0 Å². The molecule has 2 N–H and O–H groups in total. The Kier molecular flexibility index (Phi) is 4.19. The van der Waals surface area contributed by atoms with Crippen LogP contribution in [0, 0.1) is 23.7 Å². The lowest BCUT2D eigenvalue weighted by atomic mass is 9.92. The first-order valence-corrected chi connectivity index (χ1v) is 7.06. The van der Waals surface area contributed by atoms with Gasteiger partial charge in [-0.25, -0.2) is 0 Å². The molecule has 2 rings (SSSR count). The average molecular weight is 281 g/mol. The van der Waals surface area contributed by atoms with Crippen LogP contribution in [0.5, 0.6) is 0 Å². The van der Waals surface area contributed by atoms with Gasteiger partial charge in [0.05, 0.1) is 22.7 Å². The Morgan fingerprint density at radius 2 is 2.14 bits per heavy atom. The van der Waals surface area contributed by atoms with Crippen LogP contribution >= 0.6 is 0 Å². The van der Waals surface area contributed by atoms with E-state index in [0.717, 1.165) is 18.5 Å². The molecule has 1 aromatic rings. The van der Waals surface area contributed by atoms with Gasteiger partial charge in [-0.05, 0) is 51.3 Å². The van der Waals surface area contributed by atoms with Crippen LogP contribution in [-0.4, -0.2) is 17.5 Å². The molecule has 0 heterocycles. The molecule has 0 radical (unpaired) electrons. The molecule has 4 heteroatoms. The Bertz CT molecular complexity index is 630. The molecule has 1 amide bonds. The lowest BCUT2D eigenvalue weighted by molar-refractivity contribution is 0.0930. The first-order valence-electron chi connectivity index (χ1n) is 7.06. The van der Waals surface area contributed by atoms with Gasteiger partial charge in [0, 0.05) is 11.7 Å². The Morgan fingerprint density at radius 3 is 2.67 bits per heavy atom. The van der Waals surface area contributed by atoms with Gasteiger partial charge in [-0.15, -0.1) is 6.42 Å². The van der Waals surface area contributed by atoms with E-state index in [1.165, 1.54) is 6.42 Å². The largest absolute Gasteiger partial charge is 0.382 e. The van der Waals surface area contributed by atoms with Crippen molar-refractivity contribution in [1.29, 1.82) is 5.26 Å². The second kappa shape index (κ2) is 5.89. The number of nitrogens with zero attached hydrogens (tertiary/aromatic N) is 1. The van der Waals surface area contributed by atoms with E-state index in [2.05, 4.69) is 22.6 Å². The van der Waals surface area contributed by atoms with Crippen molar-refractivity contribution in [3.63, 3.8) is 0 Å². The Morgan fingerprint density at radius 1 is 1.43 bits per heavy atom. The molecule has 4 nitrogen and oxygen atoms in total. The Balaban J connectivity index is 2.28. The number of carbonyl (C=O) groups is 1. The summed E-state index contributed by atoms with van der Waals surface area (Å²) in [6, 6.07) is 7.57. The lowest BCUT2D eigenvalue weighted by Crippen LogP contribution is -2.42. The maximum atomic E-state index is 12.4. The second-order valence-corrected chi connectivity index (χ2v) is 5.87. The zero-order chi connectivity index (χ0) is 15.5. The second-order valence-electron chi connectivity index (χ2n) is 5.87. The number of hydrogen-bond acceptors (Lipinski definition) is 3. The van der Waals surface area contributed by atoms with Crippen molar-refractivity contribution < 1.29 is 4.79 Å². The van der Waals surface area contributed by atoms with Gasteiger partial charge in [-0.3, -0.25) is 4.79 Å². The number of benzene rings is 1. The highest BCUT2D eigenvalue weighted by Gasteiger charge is 2.23. The van der Waals surface area contributed by atoms with E-state index in [0.29, 0.717) is 17.2 Å². The third kappa shape index (κ3) is 3.55. The fourth-order valence-electron chi connectivity index (χ4n) is 2.09. The van der Waals surface area contributed by atoms with Crippen molar-refractivity contribution in [2.24, 2.45) is 0 Å². The topological polar surface area (TPSA) is 64.9 Å². The molecule has 0 atom stereocenters. The molecular weight excluding hydrogens is 262 g/mol. The van der Waals surface area contributed by atoms with E-state index in [4.69, 9.17) is 11.7 Å². The van der Waals surface area contributed by atoms with Crippen LogP contribution in [0.25, 0.3) is 0 Å². The van der Waals surface area contributed by atoms with Crippen LogP contribution in [0.15, 0.2) is 18.2 Å². The summed E-state index contributed by atoms with van der Waals surface area (Å²) in [7, 11) is 0. The molecule has 1 fully saturated rings. The van der Waals surface area contributed by atoms with Crippen molar-refractivity contribution in [2.75, 3.05) is 5.32 Å². The van der Waals surface area contributed by atoms with Crippen LogP contribution in [0.4, 0.5) is 5.69 Å². The number of nitrogens with one attached hydrogen (secondary N) is 2. The normalized spacial score (nSPS) is 14.5. The van der Waals surface area contributed by atoms with Gasteiger partial charge in [0.2, 0.25) is 0 Å². The SMILES string of the molecule is C#CC(C)(C)NC(=O)c1cc(C#N)ccc1NC1CCC1. The maximum Gasteiger partial charge on any atom is 0.254 e. The standard InChI is InChI=1S/C17H19N3O/c1-4-17(2,3)20-16(21)14-10-12(11-18)8-9-15(14)19-13-6-5-7-13/h1,8-10,13,19H,5-7H2,2-3H3,(H,20,21). The summed E-state index contributed by atoms with van der Waals surface area (Å²) in [4.78, 5) is 12.4. The number of hydrogen-bond donors (Lipinski definition) is 2. The summed E-state index contributed by atoms with van der Waals surface area (Å²) in [5.41, 5.74) is 0.944. The van der Waals surface area contributed by atoms with Crippen LogP contribution in [0.3, 0.4) is 0 Å². The summed E-state index contributed by atoms with van der Waals surface area (Å²) in [5, 5.41) is 15.2. The van der Waals surface area contributed by atoms with Crippen molar-refractivity contribution >= 4 is 11.6 Å². The minimum absolute atomic E-state index is 0.267. The zero-order valence-electron chi connectivity index (χ0n) is 12.4. The average Bonchev–Trinajstić information content (AvgIpc) is 2.42. The monoisotopic (exact) mass is 281 g/mol. The van der Waals surface area contributed by atoms with E-state index < -0.39 is 5.54 Å². The van der Waals surface area contributed by atoms with Gasteiger partial charge < -0.3 is 10.6 Å². The highest BCUT2D eigenvalue weighted by atomic mass is 16.1. The molecule has 0 unspecified atom stereocenters. The van der Waals surface area contributed by atoms with Crippen LogP contribution in [0.2, 0.25) is 0 Å². The first-order chi connectivity index (χ1) is 9.95. The minimum atomic E-state index is -0.729. The maximum absolute atomic E-state index is 12.4. The third-order valence-electron chi connectivity index (χ3n) is 3.64. The summed E-state index contributed by atoms with van der Waals surface area (Å²) in [6.45, 7) is 3.52. The molecule has 0 aliphatic heterocycles. The molecule has 108 valence electrons. The van der Waals surface area contributed by atoms with Crippen molar-refractivity contribution in [2.45, 2.75) is 44.7 Å². The summed E-state index contributed by atoms with van der Waals surface area (Å²) >= 11 is 0. The summed E-state index contributed by atoms with van der Waals surface area (Å²) in [6.07, 6.45) is 8.83. The number of carbonyl (C=O) groups excluding carboxylic acids is 1. The lowest BCUT2D eigenvalue weighted by Gasteiger charge is -2.29. The highest BCUT2D eigenvalue weighted by molar-refractivity contribution is 6.00. The van der Waals surface area contributed by atoms with Crippen LogP contribution < -0.4 is 10.6 Å². The Hall–Kier alpha value is -2.46. The molecule has 1 aliphatic carbocycles. The number of rotatable bonds is 4. The van der Waals surface area contributed by atoms with E-state index in [9.17, 15) is 4.79 Å². The van der Waals surface area contributed by atoms with E-state index in [1.807, 2.05) is 0 Å². The van der Waals surface area contributed by atoms with Gasteiger partial charge in [0.15, 0.2) is 0 Å². The van der Waals surface area contributed by atoms with Gasteiger partial charge in [-0.2, -0.15) is 5.26 Å². The van der Waals surface area contributed by atoms with Crippen molar-refractivity contribution in [3.8, 4) is 18.4 Å². The zero-order valence-corrected chi connectivity index (χ0v) is 12.4. The Labute approximate surface area is 125 Å². The van der Waals surface area contributed by atoms with E-state index in [-0.39, 0.29) is 5.91 Å². The first kappa shape index (κ1) is 14.9. The van der Waals surface area contributed by atoms with Crippen LogP contribution in [-0.2, 0) is 0 Å². The number of terminal acetylenes is 1. The van der Waals surface area contributed by atoms with E-state index in [1.54, 1.807) is 32.0 Å². The summed E-state index contributed by atoms with van der Waals surface area (Å²) in [5.74, 6) is 2.27. The smallest absolute Gasteiger partial charge is 0.254 e. The van der Waals surface area contributed by atoms with Crippen molar-refractivity contribution in [1.82, 2.24) is 5.32 Å². The molecule has 1 aromatic carbocycles. The quantitative estimate of drug-likeness (QED) is 0.834. The van der Waals surface area contributed by atoms with Crippen molar-refractivity contribution in [3.05, 3.63) is 29.3 Å². The molecule has 21 heavy (non-hydrogen) atoms. The number of amides is 1. The molecule has 0 spiro atoms. The molecule has 1 saturated carbocycles. The van der Waals surface area contributed by atoms with Gasteiger partial charge in [-0.1, -0.05) is 5.92 Å². The van der Waals surface area contributed by atoms with Gasteiger partial charge >= 0.3 is 0 Å². The fraction of sp³-hybridized carbons (Fsp3) is 0.412. The van der Waals surface area contributed by atoms with E-state index >= 15 is 0 Å². The molecule has 0 aromatic heterocycles. The summed E-state index contributed by atoms with van der Waals surface area (Å²) < 4.78 is 0. The predicted octanol–water partition coefficient (Wildman–Crippen LogP) is 2.66. The molecule has 1 aliphatic rings. The van der Waals surface area contributed by atoms with Crippen LogP contribution in [0.1, 0.15) is 49.0 Å². The molecule has 0 bridgehead atoms.